The third kappa shape index (κ3) is 2.52. The summed E-state index contributed by atoms with van der Waals surface area (Å²) in [6.07, 6.45) is 0. The Morgan fingerprint density at radius 1 is 1.15 bits per heavy atom. The highest BCUT2D eigenvalue weighted by atomic mass is 32.1. The van der Waals surface area contributed by atoms with Crippen LogP contribution in [0.15, 0.2) is 48.5 Å². The first-order valence-corrected chi connectivity index (χ1v) is 7.16. The smallest absolute Gasteiger partial charge is 0.139 e. The number of rotatable bonds is 2. The number of benzene rings is 1. The fourth-order valence-electron chi connectivity index (χ4n) is 1.87. The second-order valence-corrected chi connectivity index (χ2v) is 5.63. The van der Waals surface area contributed by atoms with E-state index in [1.54, 1.807) is 6.07 Å². The van der Waals surface area contributed by atoms with Gasteiger partial charge in [-0.25, -0.2) is 4.98 Å². The Kier molecular flexibility index (Phi) is 3.42. The number of aromatic amines is 1. The molecular weight excluding hydrogens is 286 g/mol. The molecular formula is C15H9N3S2. The second-order valence-electron chi connectivity index (χ2n) is 4.12. The van der Waals surface area contributed by atoms with Gasteiger partial charge in [-0.05, 0) is 18.2 Å². The van der Waals surface area contributed by atoms with Crippen LogP contribution in [0.4, 0.5) is 0 Å². The molecule has 0 saturated heterocycles. The Labute approximate surface area is 125 Å². The summed E-state index contributed by atoms with van der Waals surface area (Å²) < 4.78 is 0.532. The maximum absolute atomic E-state index is 8.90. The van der Waals surface area contributed by atoms with E-state index in [9.17, 15) is 0 Å². The molecule has 0 fully saturated rings. The van der Waals surface area contributed by atoms with Crippen LogP contribution >= 0.6 is 23.6 Å². The SMILES string of the molecule is N#Cc1ccc(-c2cc(=S)nc(-c3ccccc3)[nH]2)s1. The number of hydrogen-bond donors (Lipinski definition) is 1. The summed E-state index contributed by atoms with van der Waals surface area (Å²) in [6, 6.07) is 17.5. The zero-order valence-electron chi connectivity index (χ0n) is 10.3. The van der Waals surface area contributed by atoms with E-state index in [-0.39, 0.29) is 0 Å². The van der Waals surface area contributed by atoms with Crippen LogP contribution in [0.2, 0.25) is 0 Å². The predicted octanol–water partition coefficient (Wildman–Crippen LogP) is 4.41. The number of H-pyrrole nitrogens is 1. The minimum atomic E-state index is 0.532. The summed E-state index contributed by atoms with van der Waals surface area (Å²) in [5, 5.41) is 8.90. The Morgan fingerprint density at radius 2 is 1.95 bits per heavy atom. The summed E-state index contributed by atoms with van der Waals surface area (Å²) >= 11 is 6.66. The first-order valence-electron chi connectivity index (χ1n) is 5.93. The molecule has 20 heavy (non-hydrogen) atoms. The van der Waals surface area contributed by atoms with Crippen molar-refractivity contribution in [3.8, 4) is 28.0 Å². The molecule has 0 unspecified atom stereocenters. The summed E-state index contributed by atoms with van der Waals surface area (Å²) in [7, 11) is 0. The molecule has 3 nitrogen and oxygen atoms in total. The largest absolute Gasteiger partial charge is 0.338 e. The number of nitriles is 1. The molecule has 0 saturated carbocycles. The van der Waals surface area contributed by atoms with Crippen LogP contribution in [0.3, 0.4) is 0 Å². The lowest BCUT2D eigenvalue weighted by Crippen LogP contribution is -1.91. The van der Waals surface area contributed by atoms with Crippen LogP contribution in [0.5, 0.6) is 0 Å². The van der Waals surface area contributed by atoms with Gasteiger partial charge < -0.3 is 4.98 Å². The molecule has 2 aromatic heterocycles. The van der Waals surface area contributed by atoms with E-state index in [1.807, 2.05) is 42.5 Å². The summed E-state index contributed by atoms with van der Waals surface area (Å²) in [6.45, 7) is 0. The van der Waals surface area contributed by atoms with E-state index in [2.05, 4.69) is 16.0 Å². The van der Waals surface area contributed by atoms with Gasteiger partial charge in [-0.15, -0.1) is 11.3 Å². The molecule has 0 radical (unpaired) electrons. The highest BCUT2D eigenvalue weighted by Crippen LogP contribution is 2.27. The lowest BCUT2D eigenvalue weighted by molar-refractivity contribution is 1.17. The number of nitrogens with zero attached hydrogens (tertiary/aromatic N) is 2. The van der Waals surface area contributed by atoms with Crippen LogP contribution in [0, 0.1) is 16.0 Å². The fourth-order valence-corrected chi connectivity index (χ4v) is 2.85. The van der Waals surface area contributed by atoms with Crippen molar-refractivity contribution in [2.45, 2.75) is 0 Å². The molecule has 96 valence electrons. The maximum Gasteiger partial charge on any atom is 0.139 e. The summed E-state index contributed by atoms with van der Waals surface area (Å²) in [5.74, 6) is 0.736. The van der Waals surface area contributed by atoms with Crippen LogP contribution in [0.1, 0.15) is 4.88 Å². The summed E-state index contributed by atoms with van der Waals surface area (Å²) in [5.41, 5.74) is 1.87. The standard InChI is InChI=1S/C15H9N3S2/c16-9-11-6-7-13(20-11)12-8-14(19)18-15(17-12)10-4-2-1-3-5-10/h1-8H,(H,17,18,19). The zero-order valence-corrected chi connectivity index (χ0v) is 12.0. The third-order valence-electron chi connectivity index (χ3n) is 2.77. The number of thiophene rings is 1. The Hall–Kier alpha value is -2.29. The summed E-state index contributed by atoms with van der Waals surface area (Å²) in [4.78, 5) is 9.29. The molecule has 0 atom stereocenters. The van der Waals surface area contributed by atoms with Crippen molar-refractivity contribution in [3.63, 3.8) is 0 Å². The average molecular weight is 295 g/mol. The number of nitrogens with one attached hydrogen (secondary N) is 1. The monoisotopic (exact) mass is 295 g/mol. The minimum absolute atomic E-state index is 0.532. The maximum atomic E-state index is 8.90. The topological polar surface area (TPSA) is 52.5 Å². The molecule has 0 aliphatic heterocycles. The number of hydrogen-bond acceptors (Lipinski definition) is 4. The highest BCUT2D eigenvalue weighted by molar-refractivity contribution is 7.71. The third-order valence-corrected chi connectivity index (χ3v) is 4.00. The Morgan fingerprint density at radius 3 is 2.65 bits per heavy atom. The van der Waals surface area contributed by atoms with Gasteiger partial charge in [0.1, 0.15) is 21.4 Å². The van der Waals surface area contributed by atoms with Crippen LogP contribution in [-0.4, -0.2) is 9.97 Å². The van der Waals surface area contributed by atoms with Gasteiger partial charge in [0.2, 0.25) is 0 Å². The molecule has 2 heterocycles. The van der Waals surface area contributed by atoms with Crippen molar-refractivity contribution in [2.24, 2.45) is 0 Å². The lowest BCUT2D eigenvalue weighted by Gasteiger charge is -2.04. The molecule has 1 N–H and O–H groups in total. The van der Waals surface area contributed by atoms with E-state index in [4.69, 9.17) is 17.5 Å². The lowest BCUT2D eigenvalue weighted by atomic mass is 10.2. The molecule has 0 aliphatic carbocycles. The minimum Gasteiger partial charge on any atom is -0.338 e. The molecule has 1 aromatic carbocycles. The van der Waals surface area contributed by atoms with E-state index < -0.39 is 0 Å². The van der Waals surface area contributed by atoms with E-state index in [0.29, 0.717) is 9.52 Å². The van der Waals surface area contributed by atoms with E-state index >= 15 is 0 Å². The van der Waals surface area contributed by atoms with Crippen LogP contribution in [-0.2, 0) is 0 Å². The zero-order chi connectivity index (χ0) is 13.9. The Bertz CT molecular complexity index is 841. The van der Waals surface area contributed by atoms with Crippen LogP contribution < -0.4 is 0 Å². The molecule has 5 heteroatoms. The van der Waals surface area contributed by atoms with Gasteiger partial charge in [0.15, 0.2) is 0 Å². The fraction of sp³-hybridized carbons (Fsp3) is 0. The van der Waals surface area contributed by atoms with Gasteiger partial charge in [0.25, 0.3) is 0 Å². The molecule has 0 amide bonds. The van der Waals surface area contributed by atoms with Crippen molar-refractivity contribution >= 4 is 23.6 Å². The second kappa shape index (κ2) is 5.37. The Balaban J connectivity index is 2.12. The van der Waals surface area contributed by atoms with Crippen molar-refractivity contribution in [1.82, 2.24) is 9.97 Å². The van der Waals surface area contributed by atoms with E-state index in [1.165, 1.54) is 11.3 Å². The van der Waals surface area contributed by atoms with Gasteiger partial charge >= 0.3 is 0 Å². The van der Waals surface area contributed by atoms with Crippen molar-refractivity contribution in [1.29, 1.82) is 5.26 Å². The van der Waals surface area contributed by atoms with Crippen molar-refractivity contribution in [3.05, 3.63) is 58.0 Å². The first-order chi connectivity index (χ1) is 9.76. The van der Waals surface area contributed by atoms with E-state index in [0.717, 1.165) is 22.0 Å². The van der Waals surface area contributed by atoms with Crippen LogP contribution in [0.25, 0.3) is 22.0 Å². The number of aromatic nitrogens is 2. The molecule has 3 aromatic rings. The molecule has 0 bridgehead atoms. The first kappa shape index (κ1) is 12.7. The average Bonchev–Trinajstić information content (AvgIpc) is 2.96. The van der Waals surface area contributed by atoms with Gasteiger partial charge in [0, 0.05) is 5.56 Å². The quantitative estimate of drug-likeness (QED) is 0.713. The highest BCUT2D eigenvalue weighted by Gasteiger charge is 2.06. The van der Waals surface area contributed by atoms with Crippen molar-refractivity contribution in [2.75, 3.05) is 0 Å². The predicted molar refractivity (Wildman–Crippen MR) is 82.9 cm³/mol. The normalized spacial score (nSPS) is 10.2. The van der Waals surface area contributed by atoms with Crippen molar-refractivity contribution < 1.29 is 0 Å². The van der Waals surface area contributed by atoms with Gasteiger partial charge in [-0.1, -0.05) is 42.5 Å². The molecule has 0 spiro atoms. The van der Waals surface area contributed by atoms with Gasteiger partial charge in [-0.2, -0.15) is 5.26 Å². The van der Waals surface area contributed by atoms with Gasteiger partial charge in [0.05, 0.1) is 10.6 Å². The van der Waals surface area contributed by atoms with Gasteiger partial charge in [-0.3, -0.25) is 0 Å². The molecule has 3 rings (SSSR count). The molecule has 0 aliphatic rings.